The van der Waals surface area contributed by atoms with Crippen LogP contribution in [0.3, 0.4) is 0 Å². The van der Waals surface area contributed by atoms with E-state index in [-0.39, 0.29) is 5.91 Å². The first-order valence-corrected chi connectivity index (χ1v) is 7.65. The van der Waals surface area contributed by atoms with Gasteiger partial charge < -0.3 is 10.6 Å². The normalized spacial score (nSPS) is 10.3. The number of benzene rings is 1. The van der Waals surface area contributed by atoms with Crippen LogP contribution in [0.2, 0.25) is 0 Å². The lowest BCUT2D eigenvalue weighted by atomic mass is 10.1. The number of carbonyl (C=O) groups is 1. The molecule has 4 heteroatoms. The molecule has 3 nitrogen and oxygen atoms in total. The Labute approximate surface area is 124 Å². The number of carbonyl (C=O) groups excluding carboxylic acids is 1. The first-order chi connectivity index (χ1) is 9.61. The molecule has 2 rings (SSSR count). The van der Waals surface area contributed by atoms with Gasteiger partial charge in [-0.25, -0.2) is 0 Å². The summed E-state index contributed by atoms with van der Waals surface area (Å²) < 4.78 is 0. The Bertz CT molecular complexity index is 604. The number of nitrogens with one attached hydrogen (secondary N) is 2. The van der Waals surface area contributed by atoms with Gasteiger partial charge in [-0.2, -0.15) is 0 Å². The van der Waals surface area contributed by atoms with E-state index in [9.17, 15) is 4.79 Å². The van der Waals surface area contributed by atoms with E-state index in [0.29, 0.717) is 12.1 Å². The fourth-order valence-corrected chi connectivity index (χ4v) is 2.82. The van der Waals surface area contributed by atoms with Crippen molar-refractivity contribution in [1.82, 2.24) is 5.32 Å². The van der Waals surface area contributed by atoms with Crippen LogP contribution in [0.25, 0.3) is 0 Å². The van der Waals surface area contributed by atoms with Crippen molar-refractivity contribution in [3.8, 4) is 0 Å². The second-order valence-corrected chi connectivity index (χ2v) is 5.77. The van der Waals surface area contributed by atoms with Gasteiger partial charge in [0, 0.05) is 29.2 Å². The minimum absolute atomic E-state index is 0.0251. The van der Waals surface area contributed by atoms with Gasteiger partial charge in [-0.05, 0) is 55.5 Å². The van der Waals surface area contributed by atoms with Gasteiger partial charge in [-0.1, -0.05) is 6.07 Å². The number of aryl methyl sites for hydroxylation is 2. The van der Waals surface area contributed by atoms with Gasteiger partial charge in [0.05, 0.1) is 0 Å². The summed E-state index contributed by atoms with van der Waals surface area (Å²) in [6.07, 6.45) is 0. The van der Waals surface area contributed by atoms with Gasteiger partial charge in [0.15, 0.2) is 0 Å². The van der Waals surface area contributed by atoms with E-state index >= 15 is 0 Å². The molecular formula is C16H20N2OS. The van der Waals surface area contributed by atoms with E-state index in [4.69, 9.17) is 0 Å². The van der Waals surface area contributed by atoms with E-state index in [1.165, 1.54) is 10.4 Å². The molecule has 0 fully saturated rings. The van der Waals surface area contributed by atoms with Gasteiger partial charge in [0.25, 0.3) is 5.91 Å². The molecule has 0 aliphatic heterocycles. The Morgan fingerprint density at radius 3 is 2.65 bits per heavy atom. The Kier molecular flexibility index (Phi) is 4.79. The fraction of sp³-hybridized carbons (Fsp3) is 0.312. The molecule has 2 N–H and O–H groups in total. The molecule has 106 valence electrons. The summed E-state index contributed by atoms with van der Waals surface area (Å²) in [5.41, 5.74) is 4.16. The molecule has 0 atom stereocenters. The summed E-state index contributed by atoms with van der Waals surface area (Å²) in [7, 11) is 0. The number of rotatable bonds is 5. The monoisotopic (exact) mass is 288 g/mol. The van der Waals surface area contributed by atoms with Crippen LogP contribution in [0.5, 0.6) is 0 Å². The maximum Gasteiger partial charge on any atom is 0.251 e. The van der Waals surface area contributed by atoms with Crippen LogP contribution in [-0.2, 0) is 6.54 Å². The molecule has 0 saturated heterocycles. The number of hydrogen-bond acceptors (Lipinski definition) is 3. The largest absolute Gasteiger partial charge is 0.380 e. The van der Waals surface area contributed by atoms with Crippen molar-refractivity contribution < 1.29 is 4.79 Å². The standard InChI is InChI=1S/C16H20N2OS/c1-4-17-16(19)13-6-5-11(2)14(9-13)18-10-15-12(3)7-8-20-15/h5-9,18H,4,10H2,1-3H3,(H,17,19). The smallest absolute Gasteiger partial charge is 0.251 e. The second kappa shape index (κ2) is 6.57. The van der Waals surface area contributed by atoms with Crippen LogP contribution >= 0.6 is 11.3 Å². The highest BCUT2D eigenvalue weighted by Gasteiger charge is 2.07. The van der Waals surface area contributed by atoms with Crippen molar-refractivity contribution in [2.45, 2.75) is 27.3 Å². The molecule has 1 aromatic heterocycles. The van der Waals surface area contributed by atoms with Crippen molar-refractivity contribution in [3.63, 3.8) is 0 Å². The predicted molar refractivity (Wildman–Crippen MR) is 85.6 cm³/mol. The molecule has 0 aliphatic carbocycles. The van der Waals surface area contributed by atoms with Crippen molar-refractivity contribution in [2.24, 2.45) is 0 Å². The zero-order valence-electron chi connectivity index (χ0n) is 12.1. The molecule has 1 aromatic carbocycles. The number of anilines is 1. The number of hydrogen-bond donors (Lipinski definition) is 2. The lowest BCUT2D eigenvalue weighted by Gasteiger charge is -2.11. The topological polar surface area (TPSA) is 41.1 Å². The van der Waals surface area contributed by atoms with E-state index in [1.54, 1.807) is 11.3 Å². The summed E-state index contributed by atoms with van der Waals surface area (Å²) in [6, 6.07) is 7.89. The van der Waals surface area contributed by atoms with Crippen LogP contribution in [0, 0.1) is 13.8 Å². The van der Waals surface area contributed by atoms with E-state index in [2.05, 4.69) is 29.0 Å². The molecule has 20 heavy (non-hydrogen) atoms. The average Bonchev–Trinajstić information content (AvgIpc) is 2.83. The number of thiophene rings is 1. The van der Waals surface area contributed by atoms with Crippen LogP contribution in [0.15, 0.2) is 29.6 Å². The van der Waals surface area contributed by atoms with Gasteiger partial charge in [-0.15, -0.1) is 11.3 Å². The zero-order valence-corrected chi connectivity index (χ0v) is 12.9. The highest BCUT2D eigenvalue weighted by atomic mass is 32.1. The zero-order chi connectivity index (χ0) is 14.5. The molecular weight excluding hydrogens is 268 g/mol. The van der Waals surface area contributed by atoms with E-state index in [1.807, 2.05) is 32.0 Å². The Balaban J connectivity index is 2.12. The third-order valence-electron chi connectivity index (χ3n) is 3.24. The summed E-state index contributed by atoms with van der Waals surface area (Å²) >= 11 is 1.75. The minimum Gasteiger partial charge on any atom is -0.380 e. The van der Waals surface area contributed by atoms with Crippen LogP contribution < -0.4 is 10.6 Å². The summed E-state index contributed by atoms with van der Waals surface area (Å²) in [5.74, 6) is -0.0251. The lowest BCUT2D eigenvalue weighted by Crippen LogP contribution is -2.22. The average molecular weight is 288 g/mol. The lowest BCUT2D eigenvalue weighted by molar-refractivity contribution is 0.0956. The van der Waals surface area contributed by atoms with E-state index < -0.39 is 0 Å². The van der Waals surface area contributed by atoms with Crippen LogP contribution in [0.4, 0.5) is 5.69 Å². The molecule has 0 aliphatic rings. The molecule has 1 heterocycles. The Hall–Kier alpha value is -1.81. The Morgan fingerprint density at radius 1 is 1.20 bits per heavy atom. The molecule has 0 spiro atoms. The van der Waals surface area contributed by atoms with Crippen LogP contribution in [-0.4, -0.2) is 12.5 Å². The SMILES string of the molecule is CCNC(=O)c1ccc(C)c(NCc2sccc2C)c1. The van der Waals surface area contributed by atoms with Crippen LogP contribution in [0.1, 0.15) is 33.3 Å². The maximum absolute atomic E-state index is 11.9. The predicted octanol–water partition coefficient (Wildman–Crippen LogP) is 3.73. The van der Waals surface area contributed by atoms with Crippen molar-refractivity contribution in [3.05, 3.63) is 51.2 Å². The first kappa shape index (κ1) is 14.6. The van der Waals surface area contributed by atoms with Crippen molar-refractivity contribution in [2.75, 3.05) is 11.9 Å². The Morgan fingerprint density at radius 2 is 2.00 bits per heavy atom. The van der Waals surface area contributed by atoms with Crippen molar-refractivity contribution >= 4 is 22.9 Å². The molecule has 0 radical (unpaired) electrons. The van der Waals surface area contributed by atoms with Crippen molar-refractivity contribution in [1.29, 1.82) is 0 Å². The third kappa shape index (κ3) is 3.39. The second-order valence-electron chi connectivity index (χ2n) is 4.77. The van der Waals surface area contributed by atoms with Gasteiger partial charge in [0.2, 0.25) is 0 Å². The van der Waals surface area contributed by atoms with E-state index in [0.717, 1.165) is 17.8 Å². The summed E-state index contributed by atoms with van der Waals surface area (Å²) in [4.78, 5) is 13.2. The summed E-state index contributed by atoms with van der Waals surface area (Å²) in [6.45, 7) is 7.52. The molecule has 2 aromatic rings. The van der Waals surface area contributed by atoms with Gasteiger partial charge in [0.1, 0.15) is 0 Å². The third-order valence-corrected chi connectivity index (χ3v) is 4.27. The molecule has 0 saturated carbocycles. The highest BCUT2D eigenvalue weighted by molar-refractivity contribution is 7.10. The quantitative estimate of drug-likeness (QED) is 0.880. The maximum atomic E-state index is 11.9. The molecule has 0 unspecified atom stereocenters. The van der Waals surface area contributed by atoms with Gasteiger partial charge in [-0.3, -0.25) is 4.79 Å². The molecule has 1 amide bonds. The fourth-order valence-electron chi connectivity index (χ4n) is 1.98. The summed E-state index contributed by atoms with van der Waals surface area (Å²) in [5, 5.41) is 8.35. The highest BCUT2D eigenvalue weighted by Crippen LogP contribution is 2.21. The first-order valence-electron chi connectivity index (χ1n) is 6.77. The number of amides is 1. The minimum atomic E-state index is -0.0251. The molecule has 0 bridgehead atoms. The van der Waals surface area contributed by atoms with Gasteiger partial charge >= 0.3 is 0 Å².